The Labute approximate surface area is 286 Å². The molecule has 0 saturated carbocycles. The van der Waals surface area contributed by atoms with Crippen LogP contribution in [0.2, 0.25) is 0 Å². The van der Waals surface area contributed by atoms with Gasteiger partial charge in [-0.05, 0) is 74.6 Å². The zero-order valence-electron chi connectivity index (χ0n) is 29.5. The third kappa shape index (κ3) is 13.2. The molecule has 2 unspecified atom stereocenters. The Balaban J connectivity index is 1.94. The molecule has 0 heterocycles. The van der Waals surface area contributed by atoms with Crippen LogP contribution in [0.15, 0.2) is 36.4 Å². The molecule has 0 aliphatic carbocycles. The highest BCUT2D eigenvalue weighted by Gasteiger charge is 2.25. The Kier molecular flexibility index (Phi) is 18.8. The number of phenolic OH excluding ortho intramolecular Hbond substituents is 2. The van der Waals surface area contributed by atoms with Gasteiger partial charge < -0.3 is 10.2 Å². The minimum absolute atomic E-state index is 0.0725. The number of carbonyl (C=O) groups is 4. The van der Waals surface area contributed by atoms with E-state index in [0.29, 0.717) is 49.7 Å². The number of rotatable bonds is 21. The SMILES string of the molecule is CCCCCCc1cccc(C(=O)NNC(=O)C(CCC)CCC(CCC)C(=O)NNC(=O)c2cccc(CCCCCC)c2O)c1O. The molecule has 2 aromatic rings. The Morgan fingerprint density at radius 3 is 1.27 bits per heavy atom. The van der Waals surface area contributed by atoms with Crippen molar-refractivity contribution < 1.29 is 29.4 Å². The van der Waals surface area contributed by atoms with Crippen molar-refractivity contribution in [2.75, 3.05) is 0 Å². The van der Waals surface area contributed by atoms with Gasteiger partial charge in [-0.25, -0.2) is 0 Å². The highest BCUT2D eigenvalue weighted by molar-refractivity contribution is 5.99. The first-order valence-corrected chi connectivity index (χ1v) is 18.0. The number of hydrogen-bond acceptors (Lipinski definition) is 6. The molecule has 4 amide bonds. The predicted octanol–water partition coefficient (Wildman–Crippen LogP) is 7.18. The molecule has 2 aromatic carbocycles. The molecule has 0 bridgehead atoms. The smallest absolute Gasteiger partial charge is 0.273 e. The lowest BCUT2D eigenvalue weighted by atomic mass is 9.89. The van der Waals surface area contributed by atoms with Crippen LogP contribution in [0, 0.1) is 11.8 Å². The molecule has 2 rings (SSSR count). The molecule has 0 aromatic heterocycles. The molecular formula is C38H58N4O6. The number of hydrazine groups is 2. The van der Waals surface area contributed by atoms with Gasteiger partial charge in [-0.2, -0.15) is 0 Å². The Bertz CT molecular complexity index is 1210. The maximum atomic E-state index is 13.1. The number of hydrogen-bond donors (Lipinski definition) is 6. The minimum atomic E-state index is -0.599. The molecule has 10 nitrogen and oxygen atoms in total. The topological polar surface area (TPSA) is 157 Å². The summed E-state index contributed by atoms with van der Waals surface area (Å²) in [6, 6.07) is 10.1. The Morgan fingerprint density at radius 2 is 0.917 bits per heavy atom. The van der Waals surface area contributed by atoms with E-state index >= 15 is 0 Å². The fourth-order valence-corrected chi connectivity index (χ4v) is 5.92. The fraction of sp³-hybridized carbons (Fsp3) is 0.579. The van der Waals surface area contributed by atoms with Crippen LogP contribution in [0.5, 0.6) is 11.5 Å². The molecule has 0 fully saturated rings. The number of aromatic hydroxyl groups is 2. The average molecular weight is 667 g/mol. The van der Waals surface area contributed by atoms with E-state index in [4.69, 9.17) is 0 Å². The van der Waals surface area contributed by atoms with Gasteiger partial charge in [0.1, 0.15) is 11.5 Å². The van der Waals surface area contributed by atoms with Crippen molar-refractivity contribution in [3.8, 4) is 11.5 Å². The van der Waals surface area contributed by atoms with Gasteiger partial charge in [-0.1, -0.05) is 103 Å². The van der Waals surface area contributed by atoms with Gasteiger partial charge in [0.2, 0.25) is 11.8 Å². The van der Waals surface area contributed by atoms with Gasteiger partial charge in [0.25, 0.3) is 11.8 Å². The second-order valence-corrected chi connectivity index (χ2v) is 12.7. The molecule has 0 aliphatic rings. The summed E-state index contributed by atoms with van der Waals surface area (Å²) >= 11 is 0. The lowest BCUT2D eigenvalue weighted by Gasteiger charge is -2.21. The van der Waals surface area contributed by atoms with Crippen LogP contribution in [-0.2, 0) is 22.4 Å². The number of benzene rings is 2. The van der Waals surface area contributed by atoms with Crippen molar-refractivity contribution in [1.29, 1.82) is 0 Å². The Morgan fingerprint density at radius 1 is 0.521 bits per heavy atom. The summed E-state index contributed by atoms with van der Waals surface area (Å²) in [5, 5.41) is 21.4. The molecule has 266 valence electrons. The van der Waals surface area contributed by atoms with Crippen molar-refractivity contribution in [1.82, 2.24) is 21.7 Å². The van der Waals surface area contributed by atoms with Crippen LogP contribution in [0.25, 0.3) is 0 Å². The van der Waals surface area contributed by atoms with Crippen LogP contribution >= 0.6 is 0 Å². The number of phenols is 2. The van der Waals surface area contributed by atoms with Crippen LogP contribution in [0.1, 0.15) is 149 Å². The van der Waals surface area contributed by atoms with Crippen molar-refractivity contribution in [2.45, 2.75) is 130 Å². The lowest BCUT2D eigenvalue weighted by molar-refractivity contribution is -0.128. The number of para-hydroxylation sites is 2. The van der Waals surface area contributed by atoms with Crippen molar-refractivity contribution >= 4 is 23.6 Å². The molecule has 0 spiro atoms. The quantitative estimate of drug-likeness (QED) is 0.0612. The first-order valence-electron chi connectivity index (χ1n) is 18.0. The third-order valence-corrected chi connectivity index (χ3v) is 8.81. The van der Waals surface area contributed by atoms with Gasteiger partial charge >= 0.3 is 0 Å². The molecule has 0 aliphatic heterocycles. The van der Waals surface area contributed by atoms with Gasteiger partial charge in [0.05, 0.1) is 11.1 Å². The molecular weight excluding hydrogens is 608 g/mol. The summed E-state index contributed by atoms with van der Waals surface area (Å²) in [7, 11) is 0. The second kappa shape index (κ2) is 22.5. The summed E-state index contributed by atoms with van der Waals surface area (Å²) in [5.74, 6) is -2.98. The molecule has 6 N–H and O–H groups in total. The molecule has 2 atom stereocenters. The standard InChI is InChI=1S/C38H58N4O6/c1-5-9-11-13-19-27-21-15-23-31(33(27)43)37(47)41-39-35(45)29(17-7-3)25-26-30(18-8-4)36(46)40-42-38(48)32-24-16-22-28(34(32)44)20-14-12-10-6-2/h15-16,21-24,29-30,43-44H,5-14,17-20,25-26H2,1-4H3,(H,39,45)(H,40,46)(H,41,47)(H,42,48). The number of aryl methyl sites for hydroxylation is 2. The number of unbranched alkanes of at least 4 members (excludes halogenated alkanes) is 6. The van der Waals surface area contributed by atoms with Gasteiger partial charge in [0, 0.05) is 11.8 Å². The number of nitrogens with one attached hydrogen (secondary N) is 4. The van der Waals surface area contributed by atoms with Crippen molar-refractivity contribution in [3.05, 3.63) is 58.7 Å². The van der Waals surface area contributed by atoms with E-state index in [1.54, 1.807) is 24.3 Å². The highest BCUT2D eigenvalue weighted by Crippen LogP contribution is 2.26. The lowest BCUT2D eigenvalue weighted by Crippen LogP contribution is -2.46. The maximum Gasteiger partial charge on any atom is 0.273 e. The maximum absolute atomic E-state index is 13.1. The van der Waals surface area contributed by atoms with Gasteiger partial charge in [0.15, 0.2) is 0 Å². The zero-order chi connectivity index (χ0) is 35.3. The van der Waals surface area contributed by atoms with Crippen LogP contribution in [0.4, 0.5) is 0 Å². The first kappa shape index (κ1) is 40.1. The van der Waals surface area contributed by atoms with Crippen LogP contribution < -0.4 is 21.7 Å². The summed E-state index contributed by atoms with van der Waals surface area (Å²) in [6.07, 6.45) is 13.1. The highest BCUT2D eigenvalue weighted by atomic mass is 16.3. The predicted molar refractivity (Wildman–Crippen MR) is 189 cm³/mol. The summed E-state index contributed by atoms with van der Waals surface area (Å²) in [6.45, 7) is 8.19. The van der Waals surface area contributed by atoms with E-state index in [2.05, 4.69) is 35.6 Å². The summed E-state index contributed by atoms with van der Waals surface area (Å²) in [5.41, 5.74) is 11.5. The van der Waals surface area contributed by atoms with Crippen molar-refractivity contribution in [3.63, 3.8) is 0 Å². The normalized spacial score (nSPS) is 12.2. The molecule has 10 heteroatoms. The molecule has 0 radical (unpaired) electrons. The number of carbonyl (C=O) groups excluding carboxylic acids is 4. The third-order valence-electron chi connectivity index (χ3n) is 8.81. The number of amides is 4. The second-order valence-electron chi connectivity index (χ2n) is 12.7. The van der Waals surface area contributed by atoms with E-state index in [9.17, 15) is 29.4 Å². The zero-order valence-corrected chi connectivity index (χ0v) is 29.5. The van der Waals surface area contributed by atoms with E-state index in [-0.39, 0.29) is 34.4 Å². The molecule has 48 heavy (non-hydrogen) atoms. The van der Waals surface area contributed by atoms with Crippen molar-refractivity contribution in [2.24, 2.45) is 11.8 Å². The van der Waals surface area contributed by atoms with Crippen LogP contribution in [0.3, 0.4) is 0 Å². The fourth-order valence-electron chi connectivity index (χ4n) is 5.92. The first-order chi connectivity index (χ1) is 23.2. The van der Waals surface area contributed by atoms with E-state index < -0.39 is 23.7 Å². The van der Waals surface area contributed by atoms with Gasteiger partial charge in [-0.15, -0.1) is 0 Å². The van der Waals surface area contributed by atoms with Gasteiger partial charge in [-0.3, -0.25) is 40.9 Å². The summed E-state index contributed by atoms with van der Waals surface area (Å²) in [4.78, 5) is 52.0. The van der Waals surface area contributed by atoms with E-state index in [1.165, 1.54) is 12.1 Å². The van der Waals surface area contributed by atoms with Crippen LogP contribution in [-0.4, -0.2) is 33.8 Å². The largest absolute Gasteiger partial charge is 0.507 e. The Hall–Kier alpha value is -4.08. The minimum Gasteiger partial charge on any atom is -0.507 e. The van der Waals surface area contributed by atoms with E-state index in [0.717, 1.165) is 64.2 Å². The summed E-state index contributed by atoms with van der Waals surface area (Å²) < 4.78 is 0. The average Bonchev–Trinajstić information content (AvgIpc) is 3.08. The monoisotopic (exact) mass is 666 g/mol. The molecule has 0 saturated heterocycles. The van der Waals surface area contributed by atoms with E-state index in [1.807, 2.05) is 13.8 Å².